The maximum absolute atomic E-state index is 12.3. The van der Waals surface area contributed by atoms with E-state index in [1.54, 1.807) is 17.0 Å². The summed E-state index contributed by atoms with van der Waals surface area (Å²) in [5.74, 6) is 1.02. The van der Waals surface area contributed by atoms with Crippen LogP contribution in [-0.4, -0.2) is 28.0 Å². The molecule has 1 heterocycles. The fourth-order valence-electron chi connectivity index (χ4n) is 1.95. The second-order valence-corrected chi connectivity index (χ2v) is 5.05. The molecule has 1 saturated carbocycles. The molecule has 1 aromatic rings. The molecule has 94 valence electrons. The predicted molar refractivity (Wildman–Crippen MR) is 70.0 cm³/mol. The summed E-state index contributed by atoms with van der Waals surface area (Å²) in [6, 6.07) is 0.610. The van der Waals surface area contributed by atoms with Gasteiger partial charge in [0.1, 0.15) is 0 Å². The van der Waals surface area contributed by atoms with E-state index < -0.39 is 0 Å². The smallest absolute Gasteiger partial charge is 0.293 e. The van der Waals surface area contributed by atoms with Crippen LogP contribution >= 0.6 is 11.6 Å². The number of rotatable bonds is 5. The van der Waals surface area contributed by atoms with Crippen molar-refractivity contribution in [2.45, 2.75) is 38.8 Å². The van der Waals surface area contributed by atoms with E-state index in [0.29, 0.717) is 24.3 Å². The highest BCUT2D eigenvalue weighted by Gasteiger charge is 2.26. The van der Waals surface area contributed by atoms with Crippen molar-refractivity contribution in [3.05, 3.63) is 22.7 Å². The Hall–Kier alpha value is -1.03. The molecule has 0 unspecified atom stereocenters. The Kier molecular flexibility index (Phi) is 3.72. The first kappa shape index (κ1) is 12.4. The van der Waals surface area contributed by atoms with Crippen molar-refractivity contribution in [2.24, 2.45) is 0 Å². The summed E-state index contributed by atoms with van der Waals surface area (Å²) in [4.78, 5) is 18.5. The minimum Gasteiger partial charge on any atom is -0.348 e. The Balaban J connectivity index is 2.35. The fraction of sp³-hybridized carbons (Fsp3) is 0.667. The standard InChI is InChI=1S/C12H18ClN3O/c1-9(2)15(7-5-13)11-12(17)16(8-6-14-11)10-3-4-10/h6,8-10H,3-5,7H2,1-2H3. The van der Waals surface area contributed by atoms with Gasteiger partial charge in [-0.3, -0.25) is 4.79 Å². The predicted octanol–water partition coefficient (Wildman–Crippen LogP) is 2.03. The molecule has 0 N–H and O–H groups in total. The number of hydrogen-bond donors (Lipinski definition) is 0. The van der Waals surface area contributed by atoms with E-state index in [0.717, 1.165) is 12.8 Å². The third-order valence-corrected chi connectivity index (χ3v) is 3.18. The van der Waals surface area contributed by atoms with E-state index >= 15 is 0 Å². The van der Waals surface area contributed by atoms with Crippen molar-refractivity contribution in [2.75, 3.05) is 17.3 Å². The highest BCUT2D eigenvalue weighted by Crippen LogP contribution is 2.33. The molecule has 4 nitrogen and oxygen atoms in total. The molecule has 0 aliphatic heterocycles. The largest absolute Gasteiger partial charge is 0.348 e. The van der Waals surface area contributed by atoms with Gasteiger partial charge in [0.05, 0.1) is 0 Å². The van der Waals surface area contributed by atoms with Crippen LogP contribution in [0, 0.1) is 0 Å². The molecule has 1 aliphatic carbocycles. The SMILES string of the molecule is CC(C)N(CCCl)c1nccn(C2CC2)c1=O. The van der Waals surface area contributed by atoms with E-state index in [2.05, 4.69) is 4.98 Å². The summed E-state index contributed by atoms with van der Waals surface area (Å²) in [5, 5.41) is 0. The average Bonchev–Trinajstić information content (AvgIpc) is 3.10. The Morgan fingerprint density at radius 3 is 2.82 bits per heavy atom. The summed E-state index contributed by atoms with van der Waals surface area (Å²) in [6.07, 6.45) is 5.68. The minimum absolute atomic E-state index is 0.00816. The highest BCUT2D eigenvalue weighted by molar-refractivity contribution is 6.18. The van der Waals surface area contributed by atoms with Crippen LogP contribution in [0.15, 0.2) is 17.2 Å². The molecule has 17 heavy (non-hydrogen) atoms. The Morgan fingerprint density at radius 1 is 1.59 bits per heavy atom. The second-order valence-electron chi connectivity index (χ2n) is 4.67. The van der Waals surface area contributed by atoms with Crippen LogP contribution in [0.2, 0.25) is 0 Å². The van der Waals surface area contributed by atoms with Gasteiger partial charge < -0.3 is 9.47 Å². The maximum atomic E-state index is 12.3. The molecule has 1 fully saturated rings. The van der Waals surface area contributed by atoms with Gasteiger partial charge >= 0.3 is 0 Å². The van der Waals surface area contributed by atoms with Crippen LogP contribution < -0.4 is 10.5 Å². The molecular weight excluding hydrogens is 238 g/mol. The van der Waals surface area contributed by atoms with Crippen LogP contribution in [0.5, 0.6) is 0 Å². The number of halogens is 1. The number of hydrogen-bond acceptors (Lipinski definition) is 3. The molecular formula is C12H18ClN3O. The summed E-state index contributed by atoms with van der Waals surface area (Å²) >= 11 is 5.78. The summed E-state index contributed by atoms with van der Waals surface area (Å²) < 4.78 is 1.80. The van der Waals surface area contributed by atoms with Gasteiger partial charge in [0.2, 0.25) is 0 Å². The molecule has 1 aliphatic rings. The van der Waals surface area contributed by atoms with Crippen molar-refractivity contribution in [1.29, 1.82) is 0 Å². The lowest BCUT2D eigenvalue weighted by Crippen LogP contribution is -2.39. The molecule has 0 saturated heterocycles. The van der Waals surface area contributed by atoms with Crippen LogP contribution in [0.1, 0.15) is 32.7 Å². The maximum Gasteiger partial charge on any atom is 0.293 e. The molecule has 0 radical (unpaired) electrons. The minimum atomic E-state index is 0.00816. The normalized spacial score (nSPS) is 15.3. The third-order valence-electron chi connectivity index (χ3n) is 3.01. The van der Waals surface area contributed by atoms with Gasteiger partial charge in [-0.25, -0.2) is 4.98 Å². The first-order chi connectivity index (χ1) is 8.15. The lowest BCUT2D eigenvalue weighted by Gasteiger charge is -2.26. The summed E-state index contributed by atoms with van der Waals surface area (Å²) in [7, 11) is 0. The average molecular weight is 256 g/mol. The zero-order valence-electron chi connectivity index (χ0n) is 10.3. The quantitative estimate of drug-likeness (QED) is 0.756. The Labute approximate surface area is 106 Å². The van der Waals surface area contributed by atoms with Crippen molar-refractivity contribution in [3.8, 4) is 0 Å². The summed E-state index contributed by atoms with van der Waals surface area (Å²) in [5.41, 5.74) is 0.00816. The third kappa shape index (κ3) is 2.63. The van der Waals surface area contributed by atoms with E-state index in [1.807, 2.05) is 18.7 Å². The lowest BCUT2D eigenvalue weighted by atomic mass is 10.3. The molecule has 1 aromatic heterocycles. The van der Waals surface area contributed by atoms with Crippen molar-refractivity contribution in [1.82, 2.24) is 9.55 Å². The van der Waals surface area contributed by atoms with Gasteiger partial charge in [-0.15, -0.1) is 11.6 Å². The first-order valence-electron chi connectivity index (χ1n) is 6.05. The molecule has 5 heteroatoms. The number of nitrogens with zero attached hydrogens (tertiary/aromatic N) is 3. The van der Waals surface area contributed by atoms with Crippen LogP contribution in [0.25, 0.3) is 0 Å². The summed E-state index contributed by atoms with van der Waals surface area (Å²) in [6.45, 7) is 4.74. The first-order valence-corrected chi connectivity index (χ1v) is 6.58. The Bertz CT molecular complexity index is 440. The van der Waals surface area contributed by atoms with Gasteiger partial charge in [0.25, 0.3) is 5.56 Å². The van der Waals surface area contributed by atoms with E-state index in [-0.39, 0.29) is 11.6 Å². The van der Waals surface area contributed by atoms with Crippen LogP contribution in [-0.2, 0) is 0 Å². The highest BCUT2D eigenvalue weighted by atomic mass is 35.5. The van der Waals surface area contributed by atoms with Crippen molar-refractivity contribution < 1.29 is 0 Å². The molecule has 0 amide bonds. The number of alkyl halides is 1. The monoisotopic (exact) mass is 255 g/mol. The van der Waals surface area contributed by atoms with Crippen LogP contribution in [0.3, 0.4) is 0 Å². The zero-order chi connectivity index (χ0) is 12.4. The lowest BCUT2D eigenvalue weighted by molar-refractivity contribution is 0.653. The van der Waals surface area contributed by atoms with Crippen LogP contribution in [0.4, 0.5) is 5.82 Å². The van der Waals surface area contributed by atoms with E-state index in [9.17, 15) is 4.79 Å². The van der Waals surface area contributed by atoms with E-state index in [1.165, 1.54) is 0 Å². The van der Waals surface area contributed by atoms with Gasteiger partial charge in [-0.2, -0.15) is 0 Å². The Morgan fingerprint density at radius 2 is 2.29 bits per heavy atom. The topological polar surface area (TPSA) is 38.1 Å². The molecule has 0 bridgehead atoms. The van der Waals surface area contributed by atoms with Gasteiger partial charge in [-0.1, -0.05) is 0 Å². The second kappa shape index (κ2) is 5.08. The van der Waals surface area contributed by atoms with Crippen molar-refractivity contribution >= 4 is 17.4 Å². The van der Waals surface area contributed by atoms with Gasteiger partial charge in [0.15, 0.2) is 5.82 Å². The fourth-order valence-corrected chi connectivity index (χ4v) is 2.13. The molecule has 2 rings (SSSR count). The van der Waals surface area contributed by atoms with Crippen molar-refractivity contribution in [3.63, 3.8) is 0 Å². The zero-order valence-corrected chi connectivity index (χ0v) is 11.0. The number of anilines is 1. The van der Waals surface area contributed by atoms with Gasteiger partial charge in [0, 0.05) is 36.9 Å². The van der Waals surface area contributed by atoms with Gasteiger partial charge in [-0.05, 0) is 26.7 Å². The number of aromatic nitrogens is 2. The van der Waals surface area contributed by atoms with E-state index in [4.69, 9.17) is 11.6 Å². The molecule has 0 atom stereocenters. The molecule has 0 aromatic carbocycles. The molecule has 0 spiro atoms.